The van der Waals surface area contributed by atoms with E-state index in [1.165, 1.54) is 18.2 Å². The summed E-state index contributed by atoms with van der Waals surface area (Å²) < 4.78 is 52.7. The highest BCUT2D eigenvalue weighted by Gasteiger charge is 2.51. The minimum absolute atomic E-state index is 0.487. The first-order valence-corrected chi connectivity index (χ1v) is 8.68. The highest BCUT2D eigenvalue weighted by atomic mass is 79.9. The Morgan fingerprint density at radius 3 is 2.30 bits per heavy atom. The summed E-state index contributed by atoms with van der Waals surface area (Å²) in [5.74, 6) is -1.79. The molecule has 0 aliphatic rings. The number of sulfone groups is 1. The van der Waals surface area contributed by atoms with E-state index in [-0.39, 0.29) is 0 Å². The first kappa shape index (κ1) is 17.5. The zero-order chi connectivity index (χ0) is 17.1. The van der Waals surface area contributed by atoms with Gasteiger partial charge in [-0.15, -0.1) is 0 Å². The Balaban J connectivity index is 2.30. The van der Waals surface area contributed by atoms with Crippen LogP contribution in [-0.2, 0) is 14.6 Å². The number of rotatable bonds is 5. The molecule has 0 bridgehead atoms. The third-order valence-corrected chi connectivity index (χ3v) is 5.22. The number of hydrogen-bond acceptors (Lipinski definition) is 3. The average Bonchev–Trinajstić information content (AvgIpc) is 2.53. The Morgan fingerprint density at radius 1 is 1.04 bits per heavy atom. The number of ketones is 1. The zero-order valence-corrected chi connectivity index (χ0v) is 14.0. The Bertz CT molecular complexity index is 847. The molecule has 3 nitrogen and oxygen atoms in total. The molecule has 0 aliphatic heterocycles. The molecule has 0 N–H and O–H groups in total. The van der Waals surface area contributed by atoms with Crippen LogP contribution in [0.4, 0.5) is 8.78 Å². The topological polar surface area (TPSA) is 51.2 Å². The zero-order valence-electron chi connectivity index (χ0n) is 11.6. The molecule has 0 saturated heterocycles. The second kappa shape index (κ2) is 6.72. The number of carbonyl (C=O) groups excluding carboxylic acids is 1. The molecular formula is C16H11BrF2O3S. The summed E-state index contributed by atoms with van der Waals surface area (Å²) >= 11 is 3.21. The van der Waals surface area contributed by atoms with Gasteiger partial charge in [0.1, 0.15) is 0 Å². The monoisotopic (exact) mass is 400 g/mol. The maximum atomic E-state index is 14.1. The minimum atomic E-state index is -5.09. The lowest BCUT2D eigenvalue weighted by Gasteiger charge is -2.13. The van der Waals surface area contributed by atoms with Crippen molar-refractivity contribution in [1.29, 1.82) is 0 Å². The fraction of sp³-hybridized carbons (Fsp3) is 0.0625. The van der Waals surface area contributed by atoms with Gasteiger partial charge in [-0.25, -0.2) is 8.42 Å². The average molecular weight is 401 g/mol. The third-order valence-electron chi connectivity index (χ3n) is 2.95. The SMILES string of the molecule is O=C(/C=C/c1cccc(Br)c1)C(F)(F)S(=O)(=O)c1ccccc1. The maximum absolute atomic E-state index is 14.1. The summed E-state index contributed by atoms with van der Waals surface area (Å²) in [4.78, 5) is 11.1. The molecular weight excluding hydrogens is 390 g/mol. The van der Waals surface area contributed by atoms with Crippen molar-refractivity contribution in [3.05, 3.63) is 70.7 Å². The second-order valence-electron chi connectivity index (χ2n) is 4.59. The minimum Gasteiger partial charge on any atom is -0.287 e. The van der Waals surface area contributed by atoms with Crippen LogP contribution in [0.1, 0.15) is 5.56 Å². The summed E-state index contributed by atoms with van der Waals surface area (Å²) in [6, 6.07) is 12.7. The van der Waals surface area contributed by atoms with Crippen LogP contribution in [0, 0.1) is 0 Å². The fourth-order valence-electron chi connectivity index (χ4n) is 1.76. The number of halogens is 3. The van der Waals surface area contributed by atoms with Crippen LogP contribution >= 0.6 is 15.9 Å². The number of benzene rings is 2. The highest BCUT2D eigenvalue weighted by Crippen LogP contribution is 2.30. The smallest absolute Gasteiger partial charge is 0.287 e. The van der Waals surface area contributed by atoms with E-state index in [0.29, 0.717) is 16.1 Å². The highest BCUT2D eigenvalue weighted by molar-refractivity contribution is 9.10. The molecule has 0 saturated carbocycles. The number of alkyl halides is 2. The van der Waals surface area contributed by atoms with E-state index in [4.69, 9.17) is 0 Å². The standard InChI is InChI=1S/C16H11BrF2O3S/c17-13-6-4-5-12(11-13)9-10-15(20)16(18,19)23(21,22)14-7-2-1-3-8-14/h1-11H/b10-9+. The van der Waals surface area contributed by atoms with Crippen LogP contribution in [0.25, 0.3) is 6.08 Å². The van der Waals surface area contributed by atoms with Gasteiger partial charge in [0, 0.05) is 4.47 Å². The molecule has 0 aromatic heterocycles. The molecule has 0 unspecified atom stereocenters. The first-order valence-electron chi connectivity index (χ1n) is 6.41. The van der Waals surface area contributed by atoms with Crippen molar-refractivity contribution >= 4 is 37.6 Å². The molecule has 0 fully saturated rings. The molecule has 0 spiro atoms. The van der Waals surface area contributed by atoms with Gasteiger partial charge in [0.05, 0.1) is 4.90 Å². The molecule has 0 atom stereocenters. The maximum Gasteiger partial charge on any atom is 0.410 e. The van der Waals surface area contributed by atoms with Gasteiger partial charge >= 0.3 is 5.25 Å². The van der Waals surface area contributed by atoms with E-state index in [1.807, 2.05) is 0 Å². The number of carbonyl (C=O) groups is 1. The number of allylic oxidation sites excluding steroid dienone is 1. The van der Waals surface area contributed by atoms with Crippen LogP contribution in [0.3, 0.4) is 0 Å². The van der Waals surface area contributed by atoms with Crippen molar-refractivity contribution in [3.8, 4) is 0 Å². The summed E-state index contributed by atoms with van der Waals surface area (Å²) in [6.07, 6.45) is 1.71. The van der Waals surface area contributed by atoms with E-state index < -0.39 is 25.8 Å². The second-order valence-corrected chi connectivity index (χ2v) is 7.49. The first-order chi connectivity index (χ1) is 10.7. The van der Waals surface area contributed by atoms with Gasteiger partial charge < -0.3 is 0 Å². The molecule has 2 aromatic carbocycles. The Hall–Kier alpha value is -1.86. The van der Waals surface area contributed by atoms with Crippen LogP contribution in [0.15, 0.2) is 70.0 Å². The Morgan fingerprint density at radius 2 is 1.70 bits per heavy atom. The van der Waals surface area contributed by atoms with E-state index >= 15 is 0 Å². The van der Waals surface area contributed by atoms with Crippen molar-refractivity contribution in [2.45, 2.75) is 10.2 Å². The van der Waals surface area contributed by atoms with Crippen molar-refractivity contribution in [3.63, 3.8) is 0 Å². The molecule has 2 rings (SSSR count). The van der Waals surface area contributed by atoms with Crippen molar-refractivity contribution in [2.24, 2.45) is 0 Å². The largest absolute Gasteiger partial charge is 0.410 e. The molecule has 2 aromatic rings. The van der Waals surface area contributed by atoms with E-state index in [2.05, 4.69) is 15.9 Å². The summed E-state index contributed by atoms with van der Waals surface area (Å²) in [5, 5.41) is -4.53. The van der Waals surface area contributed by atoms with E-state index in [1.54, 1.807) is 24.3 Å². The molecule has 0 amide bonds. The van der Waals surface area contributed by atoms with Gasteiger partial charge in [-0.05, 0) is 35.9 Å². The Labute approximate surface area is 140 Å². The van der Waals surface area contributed by atoms with Crippen LogP contribution in [0.5, 0.6) is 0 Å². The van der Waals surface area contributed by atoms with Gasteiger partial charge in [0.25, 0.3) is 9.84 Å². The van der Waals surface area contributed by atoms with E-state index in [9.17, 15) is 22.0 Å². The molecule has 0 radical (unpaired) electrons. The summed E-state index contributed by atoms with van der Waals surface area (Å²) in [6.45, 7) is 0. The molecule has 23 heavy (non-hydrogen) atoms. The molecule has 0 aliphatic carbocycles. The van der Waals surface area contributed by atoms with Crippen LogP contribution in [-0.4, -0.2) is 19.5 Å². The van der Waals surface area contributed by atoms with Crippen LogP contribution < -0.4 is 0 Å². The molecule has 7 heteroatoms. The van der Waals surface area contributed by atoms with E-state index in [0.717, 1.165) is 18.2 Å². The van der Waals surface area contributed by atoms with Gasteiger partial charge in [-0.2, -0.15) is 8.78 Å². The van der Waals surface area contributed by atoms with Crippen LogP contribution in [0.2, 0.25) is 0 Å². The normalized spacial score (nSPS) is 12.5. The quantitative estimate of drug-likeness (QED) is 0.709. The predicted molar refractivity (Wildman–Crippen MR) is 86.8 cm³/mol. The Kier molecular flexibility index (Phi) is 5.11. The third kappa shape index (κ3) is 3.73. The van der Waals surface area contributed by atoms with Crippen molar-refractivity contribution < 1.29 is 22.0 Å². The van der Waals surface area contributed by atoms with Gasteiger partial charge in [0.2, 0.25) is 5.78 Å². The lowest BCUT2D eigenvalue weighted by Crippen LogP contribution is -2.36. The lowest BCUT2D eigenvalue weighted by atomic mass is 10.2. The predicted octanol–water partition coefficient (Wildman–Crippen LogP) is 4.10. The van der Waals surface area contributed by atoms with Gasteiger partial charge in [-0.3, -0.25) is 4.79 Å². The number of hydrogen-bond donors (Lipinski definition) is 0. The van der Waals surface area contributed by atoms with Gasteiger partial charge in [-0.1, -0.05) is 52.3 Å². The fourth-order valence-corrected chi connectivity index (χ4v) is 3.32. The summed E-state index contributed by atoms with van der Waals surface area (Å²) in [5.41, 5.74) is 0.487. The lowest BCUT2D eigenvalue weighted by molar-refractivity contribution is -0.128. The van der Waals surface area contributed by atoms with Crippen molar-refractivity contribution in [1.82, 2.24) is 0 Å². The van der Waals surface area contributed by atoms with Gasteiger partial charge in [0.15, 0.2) is 0 Å². The molecule has 0 heterocycles. The van der Waals surface area contributed by atoms with Crippen molar-refractivity contribution in [2.75, 3.05) is 0 Å². The molecule has 120 valence electrons. The summed E-state index contributed by atoms with van der Waals surface area (Å²) in [7, 11) is -5.09.